The smallest absolute Gasteiger partial charge is 0.270 e. The molecule has 0 aliphatic carbocycles. The van der Waals surface area contributed by atoms with Crippen LogP contribution in [0.3, 0.4) is 0 Å². The average Bonchev–Trinajstić information content (AvgIpc) is 3.01. The fraction of sp³-hybridized carbons (Fsp3) is 0.412. The number of aliphatic imine (C=N–C) groups is 2. The summed E-state index contributed by atoms with van der Waals surface area (Å²) in [5.41, 5.74) is 2.24. The maximum absolute atomic E-state index is 10.9. The molecular weight excluding hydrogens is 514 g/mol. The molecule has 2 atom stereocenters. The van der Waals surface area contributed by atoms with E-state index < -0.39 is 12.0 Å². The van der Waals surface area contributed by atoms with Crippen LogP contribution in [-0.2, 0) is 15.3 Å². The predicted molar refractivity (Wildman–Crippen MR) is 164 cm³/mol. The van der Waals surface area contributed by atoms with Crippen LogP contribution in [0.25, 0.3) is 0 Å². The molecule has 1 aliphatic heterocycles. The summed E-state index contributed by atoms with van der Waals surface area (Å²) in [6.07, 6.45) is 5.37. The van der Waals surface area contributed by atoms with Crippen LogP contribution < -0.4 is 0 Å². The minimum atomic E-state index is -1.33. The third kappa shape index (κ3) is 7.82. The Morgan fingerprint density at radius 2 is 1.49 bits per heavy atom. The Bertz CT molecular complexity index is 1270. The zero-order valence-electron chi connectivity index (χ0n) is 24.3. The van der Waals surface area contributed by atoms with Gasteiger partial charge in [-0.25, -0.2) is 9.98 Å². The van der Waals surface area contributed by atoms with E-state index in [1.807, 2.05) is 72.8 Å². The van der Waals surface area contributed by atoms with Gasteiger partial charge in [0.2, 0.25) is 0 Å². The quantitative estimate of drug-likeness (QED) is 0.197. The number of ether oxygens (including phenoxy) is 2. The van der Waals surface area contributed by atoms with Crippen LogP contribution in [-0.4, -0.2) is 59.3 Å². The number of phenolic OH excluding ortho intramolecular Hbond substituents is 1. The van der Waals surface area contributed by atoms with Crippen LogP contribution in [0, 0.1) is 0 Å². The number of hydrogen-bond acceptors (Lipinski definition) is 7. The molecule has 0 amide bonds. The molecule has 0 spiro atoms. The summed E-state index contributed by atoms with van der Waals surface area (Å²) >= 11 is 0. The molecule has 0 saturated heterocycles. The van der Waals surface area contributed by atoms with Crippen LogP contribution in [0.2, 0.25) is 0 Å². The maximum atomic E-state index is 10.9. The number of amidine groups is 2. The first-order chi connectivity index (χ1) is 20.1. The standard InChI is InChI=1S/C34H43N3O4/c1-3-5-7-16-23-37-33(27-17-10-8-11-18-27)35-32(30-21-14-15-22-31(30)39)36-34(37,28-19-12-9-13-20-28)41-26-29(38)25-40-24-6-4-2/h8-15,17-22,29,38-39H,3-7,16,23-26H2,1-2H3. The van der Waals surface area contributed by atoms with Crippen molar-refractivity contribution in [3.63, 3.8) is 0 Å². The molecule has 2 N–H and O–H groups in total. The molecule has 4 rings (SSSR count). The highest BCUT2D eigenvalue weighted by Gasteiger charge is 2.45. The van der Waals surface area contributed by atoms with E-state index in [2.05, 4.69) is 18.7 Å². The number of nitrogens with zero attached hydrogens (tertiary/aromatic N) is 3. The molecule has 3 aromatic rings. The minimum absolute atomic E-state index is 0.00605. The van der Waals surface area contributed by atoms with E-state index in [-0.39, 0.29) is 19.0 Å². The molecular formula is C34H43N3O4. The van der Waals surface area contributed by atoms with Crippen molar-refractivity contribution >= 4 is 11.7 Å². The second-order valence-electron chi connectivity index (χ2n) is 10.3. The molecule has 0 saturated carbocycles. The summed E-state index contributed by atoms with van der Waals surface area (Å²) in [7, 11) is 0. The molecule has 1 aliphatic rings. The monoisotopic (exact) mass is 557 g/mol. The third-order valence-electron chi connectivity index (χ3n) is 7.08. The van der Waals surface area contributed by atoms with Gasteiger partial charge in [-0.05, 0) is 25.0 Å². The Balaban J connectivity index is 1.83. The van der Waals surface area contributed by atoms with Gasteiger partial charge in [0.15, 0.2) is 5.84 Å². The van der Waals surface area contributed by atoms with Crippen molar-refractivity contribution in [2.75, 3.05) is 26.4 Å². The van der Waals surface area contributed by atoms with Crippen LogP contribution in [0.5, 0.6) is 5.75 Å². The van der Waals surface area contributed by atoms with E-state index in [0.29, 0.717) is 30.4 Å². The molecule has 7 heteroatoms. The molecule has 0 radical (unpaired) electrons. The van der Waals surface area contributed by atoms with Crippen LogP contribution in [0.1, 0.15) is 69.1 Å². The first-order valence-electron chi connectivity index (χ1n) is 14.8. The first-order valence-corrected chi connectivity index (χ1v) is 14.8. The van der Waals surface area contributed by atoms with Crippen molar-refractivity contribution in [1.29, 1.82) is 0 Å². The lowest BCUT2D eigenvalue weighted by molar-refractivity contribution is -0.157. The molecule has 1 heterocycles. The molecule has 0 fully saturated rings. The van der Waals surface area contributed by atoms with Crippen molar-refractivity contribution < 1.29 is 19.7 Å². The summed E-state index contributed by atoms with van der Waals surface area (Å²) in [5.74, 6) is -0.176. The zero-order chi connectivity index (χ0) is 28.9. The van der Waals surface area contributed by atoms with Crippen LogP contribution in [0.15, 0.2) is 94.9 Å². The van der Waals surface area contributed by atoms with Gasteiger partial charge in [0.05, 0.1) is 18.8 Å². The lowest BCUT2D eigenvalue weighted by atomic mass is 10.0. The topological polar surface area (TPSA) is 86.9 Å². The Morgan fingerprint density at radius 3 is 2.20 bits per heavy atom. The lowest BCUT2D eigenvalue weighted by Crippen LogP contribution is -2.54. The highest BCUT2D eigenvalue weighted by atomic mass is 16.5. The Hall–Kier alpha value is -3.52. The van der Waals surface area contributed by atoms with E-state index in [1.165, 1.54) is 0 Å². The first kappa shape index (κ1) is 30.4. The van der Waals surface area contributed by atoms with E-state index >= 15 is 0 Å². The average molecular weight is 558 g/mol. The largest absolute Gasteiger partial charge is 0.507 e. The number of phenols is 1. The van der Waals surface area contributed by atoms with Gasteiger partial charge in [0, 0.05) is 24.3 Å². The number of aliphatic hydroxyl groups excluding tert-OH is 1. The third-order valence-corrected chi connectivity index (χ3v) is 7.08. The van der Waals surface area contributed by atoms with Gasteiger partial charge in [-0.3, -0.25) is 0 Å². The van der Waals surface area contributed by atoms with Crippen molar-refractivity contribution in [3.05, 3.63) is 102 Å². The molecule has 41 heavy (non-hydrogen) atoms. The highest BCUT2D eigenvalue weighted by molar-refractivity contribution is 6.14. The number of aliphatic hydroxyl groups is 1. The SMILES string of the molecule is CCCCCCN1C(c2ccccc2)=NC(c2ccccc2O)=NC1(OCC(O)COCCCC)c1ccccc1. The fourth-order valence-electron chi connectivity index (χ4n) is 4.87. The second-order valence-corrected chi connectivity index (χ2v) is 10.3. The summed E-state index contributed by atoms with van der Waals surface area (Å²) in [6.45, 7) is 5.73. The number of unbranched alkanes of at least 4 members (excludes halogenated alkanes) is 4. The van der Waals surface area contributed by atoms with Gasteiger partial charge in [-0.2, -0.15) is 0 Å². The summed E-state index contributed by atoms with van der Waals surface area (Å²) in [5, 5.41) is 21.7. The molecule has 2 unspecified atom stereocenters. The van der Waals surface area contributed by atoms with E-state index in [4.69, 9.17) is 19.5 Å². The molecule has 218 valence electrons. The van der Waals surface area contributed by atoms with E-state index in [1.54, 1.807) is 12.1 Å². The second kappa shape index (κ2) is 15.5. The molecule has 3 aromatic carbocycles. The van der Waals surface area contributed by atoms with E-state index in [0.717, 1.165) is 49.7 Å². The fourth-order valence-corrected chi connectivity index (χ4v) is 4.87. The lowest BCUT2D eigenvalue weighted by Gasteiger charge is -2.45. The molecule has 7 nitrogen and oxygen atoms in total. The molecule has 0 aromatic heterocycles. The highest BCUT2D eigenvalue weighted by Crippen LogP contribution is 2.38. The van der Waals surface area contributed by atoms with Gasteiger partial charge < -0.3 is 24.6 Å². The molecule has 0 bridgehead atoms. The minimum Gasteiger partial charge on any atom is -0.507 e. The van der Waals surface area contributed by atoms with Gasteiger partial charge in [0.25, 0.3) is 5.85 Å². The Kier molecular flexibility index (Phi) is 11.5. The number of hydrogen-bond donors (Lipinski definition) is 2. The Labute approximate surface area is 244 Å². The maximum Gasteiger partial charge on any atom is 0.270 e. The number of rotatable bonds is 16. The van der Waals surface area contributed by atoms with Gasteiger partial charge >= 0.3 is 0 Å². The van der Waals surface area contributed by atoms with Crippen LogP contribution in [0.4, 0.5) is 0 Å². The van der Waals surface area contributed by atoms with Crippen molar-refractivity contribution in [2.45, 2.75) is 64.3 Å². The summed E-state index contributed by atoms with van der Waals surface area (Å²) in [4.78, 5) is 12.3. The summed E-state index contributed by atoms with van der Waals surface area (Å²) < 4.78 is 12.4. The summed E-state index contributed by atoms with van der Waals surface area (Å²) in [6, 6.07) is 26.9. The Morgan fingerprint density at radius 1 is 0.805 bits per heavy atom. The zero-order valence-corrected chi connectivity index (χ0v) is 24.3. The van der Waals surface area contributed by atoms with Gasteiger partial charge in [-0.15, -0.1) is 0 Å². The van der Waals surface area contributed by atoms with Crippen LogP contribution >= 0.6 is 0 Å². The van der Waals surface area contributed by atoms with Crippen molar-refractivity contribution in [2.24, 2.45) is 9.98 Å². The van der Waals surface area contributed by atoms with Crippen molar-refractivity contribution in [3.8, 4) is 5.75 Å². The normalized spacial score (nSPS) is 17.7. The predicted octanol–water partition coefficient (Wildman–Crippen LogP) is 6.49. The number of benzene rings is 3. The van der Waals surface area contributed by atoms with Gasteiger partial charge in [0.1, 0.15) is 17.7 Å². The van der Waals surface area contributed by atoms with Gasteiger partial charge in [-0.1, -0.05) is 112 Å². The number of aromatic hydroxyl groups is 1. The van der Waals surface area contributed by atoms with Crippen molar-refractivity contribution in [1.82, 2.24) is 4.90 Å². The number of para-hydroxylation sites is 1. The van der Waals surface area contributed by atoms with E-state index in [9.17, 15) is 10.2 Å².